The highest BCUT2D eigenvalue weighted by molar-refractivity contribution is 9.11. The maximum Gasteiger partial charge on any atom is 0.221 e. The van der Waals surface area contributed by atoms with E-state index in [-0.39, 0.29) is 12.0 Å². The first-order chi connectivity index (χ1) is 9.95. The molecule has 0 aliphatic heterocycles. The predicted molar refractivity (Wildman–Crippen MR) is 91.2 cm³/mol. The van der Waals surface area contributed by atoms with Crippen molar-refractivity contribution in [2.75, 3.05) is 5.32 Å². The van der Waals surface area contributed by atoms with Crippen LogP contribution in [0, 0.1) is 0 Å². The van der Waals surface area contributed by atoms with E-state index in [1.165, 1.54) is 6.92 Å². The summed E-state index contributed by atoms with van der Waals surface area (Å²) in [6.07, 6.45) is 3.56. The van der Waals surface area contributed by atoms with Gasteiger partial charge in [-0.05, 0) is 59.3 Å². The van der Waals surface area contributed by atoms with Crippen molar-refractivity contribution in [3.05, 3.63) is 26.6 Å². The van der Waals surface area contributed by atoms with Gasteiger partial charge >= 0.3 is 0 Å². The van der Waals surface area contributed by atoms with Gasteiger partial charge in [-0.1, -0.05) is 15.9 Å². The molecule has 4 nitrogen and oxygen atoms in total. The number of benzene rings is 1. The Bertz CT molecular complexity index is 515. The number of carbonyl (C=O) groups excluding carboxylic acids is 1. The minimum atomic E-state index is -0.141. The minimum Gasteiger partial charge on any atom is -0.393 e. The fourth-order valence-electron chi connectivity index (χ4n) is 2.62. The highest BCUT2D eigenvalue weighted by Gasteiger charge is 2.19. The third-order valence-electron chi connectivity index (χ3n) is 3.72. The third-order valence-corrected chi connectivity index (χ3v) is 4.80. The molecular formula is C15H20Br2N2O2. The molecule has 0 spiro atoms. The molecule has 21 heavy (non-hydrogen) atoms. The van der Waals surface area contributed by atoms with Crippen molar-refractivity contribution in [2.45, 2.75) is 51.3 Å². The molecule has 0 heterocycles. The molecule has 1 aromatic rings. The fourth-order valence-corrected chi connectivity index (χ4v) is 4.03. The Balaban J connectivity index is 2.06. The second kappa shape index (κ2) is 7.72. The third kappa shape index (κ3) is 5.06. The molecule has 116 valence electrons. The number of amides is 1. The second-order valence-electron chi connectivity index (χ2n) is 5.49. The molecule has 1 aliphatic rings. The van der Waals surface area contributed by atoms with Gasteiger partial charge in [0.2, 0.25) is 5.91 Å². The Morgan fingerprint density at radius 1 is 1.29 bits per heavy atom. The van der Waals surface area contributed by atoms with Crippen molar-refractivity contribution in [1.29, 1.82) is 0 Å². The lowest BCUT2D eigenvalue weighted by atomic mass is 9.93. The summed E-state index contributed by atoms with van der Waals surface area (Å²) in [5.41, 5.74) is 1.85. The summed E-state index contributed by atoms with van der Waals surface area (Å²) in [5.74, 6) is -0.0833. The van der Waals surface area contributed by atoms with Crippen molar-refractivity contribution in [3.63, 3.8) is 0 Å². The zero-order valence-electron chi connectivity index (χ0n) is 12.0. The molecule has 0 atom stereocenters. The number of halogens is 2. The average molecular weight is 420 g/mol. The standard InChI is InChI=1S/C15H20Br2N2O2/c1-9(20)19-15-10(6-11(16)7-14(15)17)8-18-12-2-4-13(21)5-3-12/h6-7,12-13,18,21H,2-5,8H2,1H3,(H,19,20). The summed E-state index contributed by atoms with van der Waals surface area (Å²) in [6.45, 7) is 2.20. The highest BCUT2D eigenvalue weighted by atomic mass is 79.9. The van der Waals surface area contributed by atoms with Gasteiger partial charge in [0.25, 0.3) is 0 Å². The van der Waals surface area contributed by atoms with E-state index < -0.39 is 0 Å². The van der Waals surface area contributed by atoms with Crippen LogP contribution in [0.4, 0.5) is 5.69 Å². The quantitative estimate of drug-likeness (QED) is 0.699. The van der Waals surface area contributed by atoms with Gasteiger partial charge in [0.1, 0.15) is 0 Å². The van der Waals surface area contributed by atoms with Gasteiger partial charge in [0.15, 0.2) is 0 Å². The topological polar surface area (TPSA) is 61.4 Å². The van der Waals surface area contributed by atoms with Crippen LogP contribution in [-0.4, -0.2) is 23.2 Å². The molecule has 0 radical (unpaired) electrons. The molecule has 1 fully saturated rings. The number of anilines is 1. The molecule has 0 aromatic heterocycles. The van der Waals surface area contributed by atoms with Crippen molar-refractivity contribution >= 4 is 43.5 Å². The zero-order chi connectivity index (χ0) is 15.4. The average Bonchev–Trinajstić information content (AvgIpc) is 2.41. The SMILES string of the molecule is CC(=O)Nc1c(Br)cc(Br)cc1CNC1CCC(O)CC1. The van der Waals surface area contributed by atoms with Gasteiger partial charge in [0.05, 0.1) is 11.8 Å². The Kier molecular flexibility index (Phi) is 6.22. The molecule has 1 saturated carbocycles. The van der Waals surface area contributed by atoms with Gasteiger partial charge in [0, 0.05) is 28.5 Å². The number of aliphatic hydroxyl groups is 1. The van der Waals surface area contributed by atoms with Crippen LogP contribution in [0.1, 0.15) is 38.2 Å². The Morgan fingerprint density at radius 2 is 1.95 bits per heavy atom. The second-order valence-corrected chi connectivity index (χ2v) is 7.26. The fraction of sp³-hybridized carbons (Fsp3) is 0.533. The van der Waals surface area contributed by atoms with Crippen molar-refractivity contribution in [1.82, 2.24) is 5.32 Å². The van der Waals surface area contributed by atoms with E-state index >= 15 is 0 Å². The molecule has 0 unspecified atom stereocenters. The van der Waals surface area contributed by atoms with Gasteiger partial charge in [-0.3, -0.25) is 4.79 Å². The van der Waals surface area contributed by atoms with E-state index in [1.807, 2.05) is 12.1 Å². The molecule has 2 rings (SSSR count). The minimum absolute atomic E-state index is 0.0833. The van der Waals surface area contributed by atoms with Gasteiger partial charge < -0.3 is 15.7 Å². The van der Waals surface area contributed by atoms with Crippen molar-refractivity contribution < 1.29 is 9.90 Å². The van der Waals surface area contributed by atoms with Crippen LogP contribution in [-0.2, 0) is 11.3 Å². The summed E-state index contributed by atoms with van der Waals surface area (Å²) < 4.78 is 1.84. The highest BCUT2D eigenvalue weighted by Crippen LogP contribution is 2.31. The van der Waals surface area contributed by atoms with Gasteiger partial charge in [-0.25, -0.2) is 0 Å². The van der Waals surface area contributed by atoms with E-state index in [0.29, 0.717) is 12.6 Å². The molecule has 1 aliphatic carbocycles. The molecule has 1 aromatic carbocycles. The first-order valence-corrected chi connectivity index (χ1v) is 8.71. The van der Waals surface area contributed by atoms with Crippen LogP contribution in [0.2, 0.25) is 0 Å². The Hall–Kier alpha value is -0.430. The maximum absolute atomic E-state index is 11.4. The number of hydrogen-bond acceptors (Lipinski definition) is 3. The monoisotopic (exact) mass is 418 g/mol. The summed E-state index contributed by atoms with van der Waals surface area (Å²) in [7, 11) is 0. The normalized spacial score (nSPS) is 22.1. The lowest BCUT2D eigenvalue weighted by Crippen LogP contribution is -2.34. The van der Waals surface area contributed by atoms with Crippen LogP contribution >= 0.6 is 31.9 Å². The Morgan fingerprint density at radius 3 is 2.57 bits per heavy atom. The number of hydrogen-bond donors (Lipinski definition) is 3. The molecule has 1 amide bonds. The lowest BCUT2D eigenvalue weighted by Gasteiger charge is -2.26. The summed E-state index contributed by atoms with van der Waals surface area (Å²) in [6, 6.07) is 4.36. The van der Waals surface area contributed by atoms with Gasteiger partial charge in [-0.2, -0.15) is 0 Å². The van der Waals surface area contributed by atoms with E-state index in [1.54, 1.807) is 0 Å². The smallest absolute Gasteiger partial charge is 0.221 e. The molecule has 0 bridgehead atoms. The number of aliphatic hydroxyl groups excluding tert-OH is 1. The van der Waals surface area contributed by atoms with Crippen LogP contribution in [0.15, 0.2) is 21.1 Å². The van der Waals surface area contributed by atoms with Crippen LogP contribution in [0.3, 0.4) is 0 Å². The summed E-state index contributed by atoms with van der Waals surface area (Å²) in [5, 5.41) is 15.9. The first kappa shape index (κ1) is 16.9. The molecular weight excluding hydrogens is 400 g/mol. The molecule has 6 heteroatoms. The Labute approximate surface area is 142 Å². The maximum atomic E-state index is 11.4. The van der Waals surface area contributed by atoms with E-state index in [0.717, 1.165) is 45.9 Å². The van der Waals surface area contributed by atoms with Crippen LogP contribution < -0.4 is 10.6 Å². The summed E-state index contributed by atoms with van der Waals surface area (Å²) >= 11 is 6.98. The number of nitrogens with one attached hydrogen (secondary N) is 2. The zero-order valence-corrected chi connectivity index (χ0v) is 15.1. The lowest BCUT2D eigenvalue weighted by molar-refractivity contribution is -0.114. The largest absolute Gasteiger partial charge is 0.393 e. The first-order valence-electron chi connectivity index (χ1n) is 7.12. The van der Waals surface area contributed by atoms with E-state index in [9.17, 15) is 9.90 Å². The summed E-state index contributed by atoms with van der Waals surface area (Å²) in [4.78, 5) is 11.4. The number of carbonyl (C=O) groups is 1. The van der Waals surface area contributed by atoms with E-state index in [2.05, 4.69) is 42.5 Å². The van der Waals surface area contributed by atoms with Crippen molar-refractivity contribution in [3.8, 4) is 0 Å². The molecule has 3 N–H and O–H groups in total. The molecule has 0 saturated heterocycles. The van der Waals surface area contributed by atoms with Crippen molar-refractivity contribution in [2.24, 2.45) is 0 Å². The predicted octanol–water partition coefficient (Wildman–Crippen LogP) is 3.56. The van der Waals surface area contributed by atoms with Crippen LogP contribution in [0.5, 0.6) is 0 Å². The number of rotatable bonds is 4. The van der Waals surface area contributed by atoms with E-state index in [4.69, 9.17) is 0 Å². The van der Waals surface area contributed by atoms with Gasteiger partial charge in [-0.15, -0.1) is 0 Å². The van der Waals surface area contributed by atoms with Crippen LogP contribution in [0.25, 0.3) is 0 Å².